The van der Waals surface area contributed by atoms with Crippen LogP contribution in [0.2, 0.25) is 0 Å². The highest BCUT2D eigenvalue weighted by Crippen LogP contribution is 2.20. The molecule has 0 unspecified atom stereocenters. The lowest BCUT2D eigenvalue weighted by molar-refractivity contribution is 0.515. The first-order valence-electron chi connectivity index (χ1n) is 30.9. The van der Waals surface area contributed by atoms with Crippen LogP contribution in [-0.4, -0.2) is 4.98 Å². The summed E-state index contributed by atoms with van der Waals surface area (Å²) in [6.45, 7) is 4.62. The summed E-state index contributed by atoms with van der Waals surface area (Å²) in [5.74, 6) is 0. The van der Waals surface area contributed by atoms with Crippen LogP contribution in [0.5, 0.6) is 0 Å². The Hall–Kier alpha value is -1.24. The lowest BCUT2D eigenvalue weighted by Crippen LogP contribution is -1.84. The van der Waals surface area contributed by atoms with Gasteiger partial charge < -0.3 is 4.98 Å². The van der Waals surface area contributed by atoms with Gasteiger partial charge in [0, 0.05) is 11.9 Å². The van der Waals surface area contributed by atoms with Crippen molar-refractivity contribution in [3.8, 4) is 0 Å². The molecule has 0 radical (unpaired) electrons. The van der Waals surface area contributed by atoms with E-state index in [1.54, 1.807) is 0 Å². The molecular weight excluding hydrogens is 783 g/mol. The number of nitrogens with one attached hydrogen (secondary N) is 1. The Kier molecular flexibility index (Phi) is 52.6. The molecule has 0 aromatic carbocycles. The lowest BCUT2D eigenvalue weighted by atomic mass is 10.0. The zero-order chi connectivity index (χ0) is 46.3. The summed E-state index contributed by atoms with van der Waals surface area (Å²) in [7, 11) is 0. The van der Waals surface area contributed by atoms with Crippen molar-refractivity contribution in [1.82, 2.24) is 4.98 Å². The van der Waals surface area contributed by atoms with E-state index in [4.69, 9.17) is 0 Å². The Balaban J connectivity index is 1.77. The third-order valence-corrected chi connectivity index (χ3v) is 14.8. The third-order valence-electron chi connectivity index (χ3n) is 14.8. The Morgan fingerprint density at radius 3 is 0.692 bits per heavy atom. The maximum atomic E-state index is 3.46. The van der Waals surface area contributed by atoms with E-state index in [0.29, 0.717) is 0 Å². The number of unbranched alkanes of at least 4 members (excludes halogenated alkanes) is 52. The minimum Gasteiger partial charge on any atom is -0.361 e. The van der Waals surface area contributed by atoms with Crippen molar-refractivity contribution in [3.05, 3.63) is 35.7 Å². The molecule has 0 atom stereocenters. The second-order valence-corrected chi connectivity index (χ2v) is 21.4. The van der Waals surface area contributed by atoms with Gasteiger partial charge in [-0.05, 0) is 43.4 Å². The maximum absolute atomic E-state index is 3.46. The molecule has 0 fully saturated rings. The molecule has 0 bridgehead atoms. The van der Waals surface area contributed by atoms with E-state index < -0.39 is 0 Å². The van der Waals surface area contributed by atoms with Gasteiger partial charge in [-0.2, -0.15) is 0 Å². The average molecular weight is 905 g/mol. The molecule has 0 spiro atoms. The number of aromatic nitrogens is 1. The molecular formula is C64H121N. The van der Waals surface area contributed by atoms with E-state index in [-0.39, 0.29) is 0 Å². The van der Waals surface area contributed by atoms with Crippen molar-refractivity contribution in [2.45, 2.75) is 361 Å². The zero-order valence-corrected chi connectivity index (χ0v) is 45.1. The second kappa shape index (κ2) is 55.4. The highest BCUT2D eigenvalue weighted by atomic mass is 14.7. The van der Waals surface area contributed by atoms with E-state index in [9.17, 15) is 0 Å². The van der Waals surface area contributed by atoms with Crippen LogP contribution in [0.4, 0.5) is 0 Å². The monoisotopic (exact) mass is 904 g/mol. The van der Waals surface area contributed by atoms with Crippen molar-refractivity contribution < 1.29 is 0 Å². The number of hydrogen-bond acceptors (Lipinski definition) is 0. The molecule has 382 valence electrons. The van der Waals surface area contributed by atoms with E-state index in [2.05, 4.69) is 55.4 Å². The molecule has 1 heteroatoms. The molecule has 0 aliphatic rings. The predicted molar refractivity (Wildman–Crippen MR) is 300 cm³/mol. The van der Waals surface area contributed by atoms with Crippen LogP contribution in [0.25, 0.3) is 12.2 Å². The number of hydrogen-bond donors (Lipinski definition) is 1. The number of H-pyrrole nitrogens is 1. The van der Waals surface area contributed by atoms with Crippen molar-refractivity contribution in [2.75, 3.05) is 0 Å². The van der Waals surface area contributed by atoms with E-state index >= 15 is 0 Å². The molecule has 0 amide bonds. The fraction of sp³-hybridized carbons (Fsp3) is 0.875. The topological polar surface area (TPSA) is 15.8 Å². The largest absolute Gasteiger partial charge is 0.361 e. The summed E-state index contributed by atoms with van der Waals surface area (Å²) in [5.41, 5.74) is 2.63. The minimum absolute atomic E-state index is 1.21. The molecule has 0 saturated heterocycles. The van der Waals surface area contributed by atoms with Crippen LogP contribution in [0, 0.1) is 0 Å². The van der Waals surface area contributed by atoms with Crippen molar-refractivity contribution in [3.63, 3.8) is 0 Å². The van der Waals surface area contributed by atoms with E-state index in [1.165, 1.54) is 358 Å². The molecule has 1 rings (SSSR count). The van der Waals surface area contributed by atoms with Crippen LogP contribution in [-0.2, 0) is 0 Å². The predicted octanol–water partition coefficient (Wildman–Crippen LogP) is 24.1. The second-order valence-electron chi connectivity index (χ2n) is 21.4. The van der Waals surface area contributed by atoms with Crippen LogP contribution >= 0.6 is 0 Å². The molecule has 1 nitrogen and oxygen atoms in total. The summed E-state index contributed by atoms with van der Waals surface area (Å²) >= 11 is 0. The van der Waals surface area contributed by atoms with Crippen LogP contribution < -0.4 is 0 Å². The number of aromatic amines is 1. The molecule has 1 heterocycles. The van der Waals surface area contributed by atoms with Crippen LogP contribution in [0.1, 0.15) is 372 Å². The van der Waals surface area contributed by atoms with Crippen LogP contribution in [0.3, 0.4) is 0 Å². The SMILES string of the molecule is CCCCCCCCCCCCCCCCCCCCCCCCCCCCC=Cc1cc[nH]c1C=CCCCCCCCCCCCCCCCCCCCCCCCCCCCC. The molecule has 0 aliphatic carbocycles. The summed E-state index contributed by atoms with van der Waals surface area (Å²) in [6.07, 6.45) is 89.9. The molecule has 1 N–H and O–H groups in total. The van der Waals surface area contributed by atoms with E-state index in [1.807, 2.05) is 0 Å². The molecule has 65 heavy (non-hydrogen) atoms. The summed E-state index contributed by atoms with van der Waals surface area (Å²) in [4.78, 5) is 3.46. The fourth-order valence-electron chi connectivity index (χ4n) is 10.3. The van der Waals surface area contributed by atoms with Crippen molar-refractivity contribution in [2.24, 2.45) is 0 Å². The van der Waals surface area contributed by atoms with Gasteiger partial charge >= 0.3 is 0 Å². The summed E-state index contributed by atoms with van der Waals surface area (Å²) in [5, 5.41) is 0. The average Bonchev–Trinajstić information content (AvgIpc) is 3.77. The van der Waals surface area contributed by atoms with Gasteiger partial charge in [0.2, 0.25) is 0 Å². The third kappa shape index (κ3) is 49.0. The molecule has 0 saturated carbocycles. The van der Waals surface area contributed by atoms with Gasteiger partial charge in [-0.1, -0.05) is 353 Å². The Morgan fingerprint density at radius 2 is 0.462 bits per heavy atom. The van der Waals surface area contributed by atoms with Gasteiger partial charge in [0.25, 0.3) is 0 Å². The smallest absolute Gasteiger partial charge is 0.0450 e. The normalized spacial score (nSPS) is 12.0. The van der Waals surface area contributed by atoms with Crippen molar-refractivity contribution >= 4 is 12.2 Å². The van der Waals surface area contributed by atoms with Gasteiger partial charge in [0.15, 0.2) is 0 Å². The molecule has 1 aromatic heterocycles. The van der Waals surface area contributed by atoms with Gasteiger partial charge in [0.1, 0.15) is 0 Å². The summed E-state index contributed by atoms with van der Waals surface area (Å²) < 4.78 is 0. The first-order chi connectivity index (χ1) is 32.4. The first-order valence-corrected chi connectivity index (χ1v) is 30.9. The Morgan fingerprint density at radius 1 is 0.262 bits per heavy atom. The van der Waals surface area contributed by atoms with Crippen LogP contribution in [0.15, 0.2) is 24.4 Å². The minimum atomic E-state index is 1.21. The molecule has 0 aliphatic heterocycles. The first kappa shape index (κ1) is 61.8. The fourth-order valence-corrected chi connectivity index (χ4v) is 10.3. The number of rotatable bonds is 56. The van der Waals surface area contributed by atoms with Gasteiger partial charge in [0.05, 0.1) is 0 Å². The highest BCUT2D eigenvalue weighted by Gasteiger charge is 2.00. The summed E-state index contributed by atoms with van der Waals surface area (Å²) in [6, 6.07) is 2.23. The van der Waals surface area contributed by atoms with Gasteiger partial charge in [-0.15, -0.1) is 0 Å². The van der Waals surface area contributed by atoms with Crippen molar-refractivity contribution in [1.29, 1.82) is 0 Å². The Labute approximate surface area is 411 Å². The standard InChI is InChI=1S/C64H121N/c1-3-5-7-9-11-13-15-17-19-21-23-25-27-29-31-33-35-37-39-41-43-45-47-49-51-53-55-57-59-63-61-62-65-64(63)60-58-56-54-52-50-48-46-44-42-40-38-36-34-32-30-28-26-24-22-20-18-16-14-12-10-8-6-4-2/h57-62,65H,3-56H2,1-2H3. The lowest BCUT2D eigenvalue weighted by Gasteiger charge is -2.04. The highest BCUT2D eigenvalue weighted by molar-refractivity contribution is 5.62. The van der Waals surface area contributed by atoms with Gasteiger partial charge in [-0.25, -0.2) is 0 Å². The number of allylic oxidation sites excluding steroid dienone is 2. The Bertz CT molecular complexity index is 965. The quantitative estimate of drug-likeness (QED) is 0.0627. The zero-order valence-electron chi connectivity index (χ0n) is 45.1. The maximum Gasteiger partial charge on any atom is 0.0450 e. The van der Waals surface area contributed by atoms with E-state index in [0.717, 1.165) is 0 Å². The van der Waals surface area contributed by atoms with Gasteiger partial charge in [-0.3, -0.25) is 0 Å². The molecule has 1 aromatic rings.